The van der Waals surface area contributed by atoms with Crippen LogP contribution in [0.25, 0.3) is 0 Å². The zero-order chi connectivity index (χ0) is 14.5. The van der Waals surface area contributed by atoms with Gasteiger partial charge in [0.25, 0.3) is 0 Å². The second-order valence-electron chi connectivity index (χ2n) is 4.35. The van der Waals surface area contributed by atoms with Crippen molar-refractivity contribution in [1.82, 2.24) is 0 Å². The van der Waals surface area contributed by atoms with Crippen LogP contribution in [0.15, 0.2) is 53.4 Å². The Labute approximate surface area is 120 Å². The Bertz CT molecular complexity index is 584. The van der Waals surface area contributed by atoms with E-state index < -0.39 is 10.8 Å². The summed E-state index contributed by atoms with van der Waals surface area (Å²) < 4.78 is 30.0. The Morgan fingerprint density at radius 3 is 2.30 bits per heavy atom. The Morgan fingerprint density at radius 1 is 1.15 bits per heavy atom. The van der Waals surface area contributed by atoms with Gasteiger partial charge >= 0.3 is 0 Å². The molecule has 0 radical (unpaired) electrons. The van der Waals surface area contributed by atoms with Gasteiger partial charge in [-0.15, -0.1) is 0 Å². The van der Waals surface area contributed by atoms with Gasteiger partial charge in [-0.2, -0.15) is 0 Å². The van der Waals surface area contributed by atoms with E-state index in [1.807, 2.05) is 24.3 Å². The fourth-order valence-corrected chi connectivity index (χ4v) is 2.94. The monoisotopic (exact) mass is 293 g/mol. The highest BCUT2D eigenvalue weighted by atomic mass is 32.2. The highest BCUT2D eigenvalue weighted by Crippen LogP contribution is 2.18. The molecule has 106 valence electrons. The lowest BCUT2D eigenvalue weighted by molar-refractivity contribution is 0.414. The number of methoxy groups -OCH3 is 1. The standard InChI is InChI=1S/C15H16FNO2S/c1-19-13-6-2-11(3-7-13)15(17)10-20(18)14-8-4-12(16)5-9-14/h2-9,15H,10,17H2,1H3. The molecular formula is C15H16FNO2S. The molecule has 0 saturated heterocycles. The fraction of sp³-hybridized carbons (Fsp3) is 0.200. The highest BCUT2D eigenvalue weighted by molar-refractivity contribution is 7.85. The zero-order valence-corrected chi connectivity index (χ0v) is 11.9. The van der Waals surface area contributed by atoms with Gasteiger partial charge in [0, 0.05) is 16.7 Å². The highest BCUT2D eigenvalue weighted by Gasteiger charge is 2.12. The summed E-state index contributed by atoms with van der Waals surface area (Å²) in [6, 6.07) is 12.6. The lowest BCUT2D eigenvalue weighted by atomic mass is 10.1. The van der Waals surface area contributed by atoms with Crippen LogP contribution in [0, 0.1) is 5.82 Å². The van der Waals surface area contributed by atoms with Crippen molar-refractivity contribution in [2.24, 2.45) is 5.73 Å². The van der Waals surface area contributed by atoms with Crippen molar-refractivity contribution in [1.29, 1.82) is 0 Å². The van der Waals surface area contributed by atoms with Crippen molar-refractivity contribution in [3.63, 3.8) is 0 Å². The van der Waals surface area contributed by atoms with Crippen molar-refractivity contribution < 1.29 is 13.3 Å². The Balaban J connectivity index is 2.04. The molecule has 2 atom stereocenters. The molecule has 0 fully saturated rings. The zero-order valence-electron chi connectivity index (χ0n) is 11.1. The van der Waals surface area contributed by atoms with Crippen LogP contribution < -0.4 is 10.5 Å². The van der Waals surface area contributed by atoms with E-state index in [4.69, 9.17) is 10.5 Å². The first-order chi connectivity index (χ1) is 9.60. The summed E-state index contributed by atoms with van der Waals surface area (Å²) in [4.78, 5) is 0.579. The molecule has 5 heteroatoms. The van der Waals surface area contributed by atoms with Crippen molar-refractivity contribution in [3.8, 4) is 5.75 Å². The predicted octanol–water partition coefficient (Wildman–Crippen LogP) is 2.64. The molecule has 2 N–H and O–H groups in total. The van der Waals surface area contributed by atoms with E-state index in [2.05, 4.69) is 0 Å². The summed E-state index contributed by atoms with van der Waals surface area (Å²) in [6.07, 6.45) is 0. The maximum absolute atomic E-state index is 12.8. The maximum Gasteiger partial charge on any atom is 0.123 e. The van der Waals surface area contributed by atoms with Crippen molar-refractivity contribution in [3.05, 3.63) is 59.9 Å². The van der Waals surface area contributed by atoms with Crippen LogP contribution in [0.2, 0.25) is 0 Å². The van der Waals surface area contributed by atoms with Gasteiger partial charge in [-0.25, -0.2) is 4.39 Å². The molecule has 3 nitrogen and oxygen atoms in total. The molecule has 0 saturated carbocycles. The first-order valence-electron chi connectivity index (χ1n) is 6.13. The molecule has 2 unspecified atom stereocenters. The average Bonchev–Trinajstić information content (AvgIpc) is 2.48. The number of halogens is 1. The number of nitrogens with two attached hydrogens (primary N) is 1. The van der Waals surface area contributed by atoms with Crippen LogP contribution in [-0.2, 0) is 10.8 Å². The third-order valence-corrected chi connectivity index (χ3v) is 4.41. The molecule has 0 amide bonds. The van der Waals surface area contributed by atoms with Gasteiger partial charge < -0.3 is 10.5 Å². The van der Waals surface area contributed by atoms with E-state index in [1.165, 1.54) is 24.3 Å². The quantitative estimate of drug-likeness (QED) is 0.922. The molecule has 0 aliphatic carbocycles. The Hall–Kier alpha value is -1.72. The van der Waals surface area contributed by atoms with Crippen LogP contribution in [0.3, 0.4) is 0 Å². The van der Waals surface area contributed by atoms with Gasteiger partial charge in [0.15, 0.2) is 0 Å². The topological polar surface area (TPSA) is 52.3 Å². The minimum atomic E-state index is -1.25. The molecule has 0 aliphatic heterocycles. The van der Waals surface area contributed by atoms with Crippen molar-refractivity contribution >= 4 is 10.8 Å². The maximum atomic E-state index is 12.8. The normalized spacial score (nSPS) is 13.8. The Morgan fingerprint density at radius 2 is 1.75 bits per heavy atom. The number of ether oxygens (including phenoxy) is 1. The summed E-state index contributed by atoms with van der Waals surface area (Å²) in [6.45, 7) is 0. The minimum Gasteiger partial charge on any atom is -0.497 e. The summed E-state index contributed by atoms with van der Waals surface area (Å²) in [7, 11) is 0.343. The fourth-order valence-electron chi connectivity index (χ4n) is 1.79. The molecule has 0 aliphatic rings. The van der Waals surface area contributed by atoms with Crippen LogP contribution >= 0.6 is 0 Å². The smallest absolute Gasteiger partial charge is 0.123 e. The van der Waals surface area contributed by atoms with E-state index in [0.29, 0.717) is 4.90 Å². The third-order valence-electron chi connectivity index (χ3n) is 2.95. The summed E-state index contributed by atoms with van der Waals surface area (Å²) in [5.41, 5.74) is 6.94. The first kappa shape index (κ1) is 14.7. The third kappa shape index (κ3) is 3.65. The van der Waals surface area contributed by atoms with Gasteiger partial charge in [-0.05, 0) is 42.0 Å². The molecule has 0 heterocycles. The molecule has 0 aromatic heterocycles. The first-order valence-corrected chi connectivity index (χ1v) is 7.45. The van der Waals surface area contributed by atoms with E-state index in [9.17, 15) is 8.60 Å². The predicted molar refractivity (Wildman–Crippen MR) is 77.6 cm³/mol. The number of hydrogen-bond acceptors (Lipinski definition) is 3. The molecule has 0 bridgehead atoms. The number of hydrogen-bond donors (Lipinski definition) is 1. The van der Waals surface area contributed by atoms with Gasteiger partial charge in [0.2, 0.25) is 0 Å². The molecular weight excluding hydrogens is 277 g/mol. The van der Waals surface area contributed by atoms with E-state index in [-0.39, 0.29) is 17.6 Å². The number of benzene rings is 2. The molecule has 2 rings (SSSR count). The van der Waals surface area contributed by atoms with E-state index in [1.54, 1.807) is 7.11 Å². The summed E-state index contributed by atoms with van der Waals surface area (Å²) >= 11 is 0. The largest absolute Gasteiger partial charge is 0.497 e. The van der Waals surface area contributed by atoms with Gasteiger partial charge in [-0.1, -0.05) is 12.1 Å². The minimum absolute atomic E-state index is 0.290. The van der Waals surface area contributed by atoms with E-state index >= 15 is 0 Å². The summed E-state index contributed by atoms with van der Waals surface area (Å²) in [5.74, 6) is 0.698. The SMILES string of the molecule is COc1ccc(C(N)CS(=O)c2ccc(F)cc2)cc1. The second-order valence-corrected chi connectivity index (χ2v) is 5.84. The lowest BCUT2D eigenvalue weighted by Crippen LogP contribution is -2.18. The van der Waals surface area contributed by atoms with Crippen molar-refractivity contribution in [2.45, 2.75) is 10.9 Å². The van der Waals surface area contributed by atoms with Gasteiger partial charge in [0.05, 0.1) is 17.9 Å². The van der Waals surface area contributed by atoms with Crippen LogP contribution in [0.1, 0.15) is 11.6 Å². The van der Waals surface area contributed by atoms with Crippen molar-refractivity contribution in [2.75, 3.05) is 12.9 Å². The second kappa shape index (κ2) is 6.63. The molecule has 2 aromatic carbocycles. The van der Waals surface area contributed by atoms with E-state index in [0.717, 1.165) is 11.3 Å². The van der Waals surface area contributed by atoms with Crippen LogP contribution in [0.5, 0.6) is 5.75 Å². The molecule has 20 heavy (non-hydrogen) atoms. The Kier molecular flexibility index (Phi) is 4.87. The van der Waals surface area contributed by atoms with Gasteiger partial charge in [-0.3, -0.25) is 4.21 Å². The van der Waals surface area contributed by atoms with Crippen LogP contribution in [0.4, 0.5) is 4.39 Å². The average molecular weight is 293 g/mol. The molecule has 0 spiro atoms. The molecule has 2 aromatic rings. The lowest BCUT2D eigenvalue weighted by Gasteiger charge is -2.12. The summed E-state index contributed by atoms with van der Waals surface area (Å²) in [5, 5.41) is 0. The van der Waals surface area contributed by atoms with Gasteiger partial charge in [0.1, 0.15) is 11.6 Å². The van der Waals surface area contributed by atoms with Crippen LogP contribution in [-0.4, -0.2) is 17.1 Å². The number of rotatable bonds is 5.